The van der Waals surface area contributed by atoms with Crippen LogP contribution in [0.3, 0.4) is 0 Å². The highest BCUT2D eigenvalue weighted by Crippen LogP contribution is 2.35. The monoisotopic (exact) mass is 543 g/mol. The Morgan fingerprint density at radius 3 is 2.05 bits per heavy atom. The van der Waals surface area contributed by atoms with Crippen molar-refractivity contribution in [2.24, 2.45) is 17.3 Å². The van der Waals surface area contributed by atoms with Gasteiger partial charge in [-0.05, 0) is 57.3 Å². The summed E-state index contributed by atoms with van der Waals surface area (Å²) in [5.41, 5.74) is -1.53. The first-order chi connectivity index (χ1) is 16.8. The first kappa shape index (κ1) is 31.4. The summed E-state index contributed by atoms with van der Waals surface area (Å²) < 4.78 is 30.3. The number of hydrogen-bond donors (Lipinski definition) is 2. The van der Waals surface area contributed by atoms with E-state index in [1.807, 2.05) is 34.6 Å². The predicted molar refractivity (Wildman–Crippen MR) is 145 cm³/mol. The van der Waals surface area contributed by atoms with E-state index in [1.54, 1.807) is 25.7 Å². The minimum absolute atomic E-state index is 0.0287. The third kappa shape index (κ3) is 7.39. The summed E-state index contributed by atoms with van der Waals surface area (Å²) >= 11 is 0. The van der Waals surface area contributed by atoms with Crippen molar-refractivity contribution in [3.8, 4) is 0 Å². The van der Waals surface area contributed by atoms with Gasteiger partial charge in [-0.3, -0.25) is 4.79 Å². The van der Waals surface area contributed by atoms with Crippen LogP contribution in [-0.2, 0) is 24.2 Å². The van der Waals surface area contributed by atoms with Crippen LogP contribution in [0.2, 0.25) is 0 Å². The summed E-state index contributed by atoms with van der Waals surface area (Å²) in [5.74, 6) is -0.768. The summed E-state index contributed by atoms with van der Waals surface area (Å²) in [6, 6.07) is -2.17. The van der Waals surface area contributed by atoms with Gasteiger partial charge in [0.2, 0.25) is 5.91 Å². The van der Waals surface area contributed by atoms with Crippen molar-refractivity contribution in [1.82, 2.24) is 15.5 Å². The molecule has 37 heavy (non-hydrogen) atoms. The van der Waals surface area contributed by atoms with Gasteiger partial charge in [0.1, 0.15) is 12.1 Å². The average molecular weight is 544 g/mol. The number of hydrogen-bond acceptors (Lipinski definition) is 6. The molecule has 1 saturated heterocycles. The van der Waals surface area contributed by atoms with E-state index in [9.17, 15) is 22.8 Å². The van der Waals surface area contributed by atoms with Gasteiger partial charge in [-0.2, -0.15) is 0 Å². The second-order valence-corrected chi connectivity index (χ2v) is 16.0. The zero-order valence-corrected chi connectivity index (χ0v) is 25.1. The second kappa shape index (κ2) is 11.5. The lowest BCUT2D eigenvalue weighted by Gasteiger charge is -2.41. The van der Waals surface area contributed by atoms with Gasteiger partial charge in [0, 0.05) is 6.54 Å². The molecule has 2 rings (SSSR count). The minimum atomic E-state index is -3.49. The Balaban J connectivity index is 2.30. The molecule has 0 aromatic carbocycles. The van der Waals surface area contributed by atoms with Crippen LogP contribution < -0.4 is 10.6 Å². The molecule has 0 aromatic heterocycles. The highest BCUT2D eigenvalue weighted by molar-refractivity contribution is 7.92. The molecule has 1 saturated carbocycles. The molecule has 214 valence electrons. The highest BCUT2D eigenvalue weighted by Gasteiger charge is 2.48. The van der Waals surface area contributed by atoms with Gasteiger partial charge in [-0.1, -0.05) is 53.9 Å². The van der Waals surface area contributed by atoms with E-state index in [2.05, 4.69) is 10.6 Å². The lowest BCUT2D eigenvalue weighted by molar-refractivity contribution is -0.154. The Morgan fingerprint density at radius 1 is 1.03 bits per heavy atom. The number of methoxy groups -OCH3 is 1. The van der Waals surface area contributed by atoms with Crippen LogP contribution >= 0.6 is 0 Å². The third-order valence-electron chi connectivity index (χ3n) is 8.00. The maximum absolute atomic E-state index is 13.8. The number of nitrogens with zero attached hydrogens (tertiary/aromatic N) is 1. The Hall–Kier alpha value is -1.84. The van der Waals surface area contributed by atoms with Crippen molar-refractivity contribution in [3.05, 3.63) is 0 Å². The number of sulfone groups is 1. The fraction of sp³-hybridized carbons (Fsp3) is 0.889. The smallest absolute Gasteiger partial charge is 0.328 e. The van der Waals surface area contributed by atoms with Crippen LogP contribution in [0.25, 0.3) is 0 Å². The van der Waals surface area contributed by atoms with E-state index in [0.717, 1.165) is 19.3 Å². The molecule has 2 fully saturated rings. The first-order valence-corrected chi connectivity index (χ1v) is 15.2. The lowest BCUT2D eigenvalue weighted by atomic mass is 9.83. The highest BCUT2D eigenvalue weighted by atomic mass is 32.2. The second-order valence-electron chi connectivity index (χ2n) is 13.3. The number of esters is 1. The number of likely N-dealkylation sites (tertiary alicyclic amines) is 1. The number of carbonyl (C=O) groups excluding carboxylic acids is 3. The SMILES string of the molecule is COC(=O)[C@@H]1[C@@H](C(C)C)CCN1C(=O)[C@@H](NC(=O)NC1(CS(=O)(=O)C(C)(C)C)CCCCC1)C(C)(C)C. The lowest BCUT2D eigenvalue weighted by Crippen LogP contribution is -2.63. The normalized spacial score (nSPS) is 23.5. The molecule has 0 bridgehead atoms. The number of rotatable bonds is 7. The fourth-order valence-corrected chi connectivity index (χ4v) is 7.04. The van der Waals surface area contributed by atoms with Gasteiger partial charge in [-0.15, -0.1) is 0 Å². The largest absolute Gasteiger partial charge is 0.467 e. The summed E-state index contributed by atoms with van der Waals surface area (Å²) in [5, 5.41) is 5.85. The molecule has 0 spiro atoms. The zero-order valence-electron chi connectivity index (χ0n) is 24.3. The van der Waals surface area contributed by atoms with Crippen molar-refractivity contribution in [1.29, 1.82) is 0 Å². The molecule has 3 amide bonds. The van der Waals surface area contributed by atoms with Gasteiger partial charge in [-0.25, -0.2) is 18.0 Å². The van der Waals surface area contributed by atoms with Crippen molar-refractivity contribution in [3.63, 3.8) is 0 Å². The van der Waals surface area contributed by atoms with Crippen LogP contribution in [-0.4, -0.2) is 73.0 Å². The standard InChI is InChI=1S/C27H49N3O6S/c1-18(2)19-13-16-30(20(19)23(32)36-9)22(31)21(25(3,4)5)28-24(33)29-27(14-11-10-12-15-27)17-37(34,35)26(6,7)8/h18-21H,10-17H2,1-9H3,(H2,28,29,33)/t19-,20+,21-/m1/s1. The number of carbonyl (C=O) groups is 3. The van der Waals surface area contributed by atoms with Crippen LogP contribution in [0.5, 0.6) is 0 Å². The van der Waals surface area contributed by atoms with E-state index < -0.39 is 49.6 Å². The quantitative estimate of drug-likeness (QED) is 0.473. The van der Waals surface area contributed by atoms with Gasteiger partial charge in [0.25, 0.3) is 0 Å². The molecule has 0 unspecified atom stereocenters. The maximum Gasteiger partial charge on any atom is 0.328 e. The van der Waals surface area contributed by atoms with Gasteiger partial charge < -0.3 is 20.3 Å². The van der Waals surface area contributed by atoms with Gasteiger partial charge in [0.05, 0.1) is 23.1 Å². The predicted octanol–water partition coefficient (Wildman–Crippen LogP) is 3.66. The zero-order chi connectivity index (χ0) is 28.4. The van der Waals surface area contributed by atoms with E-state index in [-0.39, 0.29) is 23.5 Å². The van der Waals surface area contributed by atoms with Crippen LogP contribution in [0.15, 0.2) is 0 Å². The molecule has 1 heterocycles. The minimum Gasteiger partial charge on any atom is -0.467 e. The molecule has 1 aliphatic carbocycles. The van der Waals surface area contributed by atoms with Gasteiger partial charge in [0.15, 0.2) is 9.84 Å². The third-order valence-corrected chi connectivity index (χ3v) is 10.8. The molecule has 2 N–H and O–H groups in total. The summed E-state index contributed by atoms with van der Waals surface area (Å²) in [4.78, 5) is 41.5. The number of nitrogens with one attached hydrogen (secondary N) is 2. The topological polar surface area (TPSA) is 122 Å². The molecule has 1 aliphatic heterocycles. The number of ether oxygens (including phenoxy) is 1. The number of urea groups is 1. The Labute approximate surface area is 223 Å². The number of amides is 3. The maximum atomic E-state index is 13.8. The van der Waals surface area contributed by atoms with E-state index in [0.29, 0.717) is 25.8 Å². The van der Waals surface area contributed by atoms with Crippen LogP contribution in [0.4, 0.5) is 4.79 Å². The summed E-state index contributed by atoms with van der Waals surface area (Å²) in [6.45, 7) is 15.1. The molecule has 10 heteroatoms. The van der Waals surface area contributed by atoms with E-state index in [1.165, 1.54) is 7.11 Å². The Bertz CT molecular complexity index is 942. The first-order valence-electron chi connectivity index (χ1n) is 13.5. The summed E-state index contributed by atoms with van der Waals surface area (Å²) in [7, 11) is -2.17. The van der Waals surface area contributed by atoms with Crippen molar-refractivity contribution < 1.29 is 27.5 Å². The van der Waals surface area contributed by atoms with E-state index >= 15 is 0 Å². The van der Waals surface area contributed by atoms with Crippen LogP contribution in [0, 0.1) is 17.3 Å². The van der Waals surface area contributed by atoms with Crippen molar-refractivity contribution in [2.75, 3.05) is 19.4 Å². The molecule has 3 atom stereocenters. The molecule has 0 radical (unpaired) electrons. The molecular formula is C27H49N3O6S. The summed E-state index contributed by atoms with van der Waals surface area (Å²) in [6.07, 6.45) is 4.46. The van der Waals surface area contributed by atoms with E-state index in [4.69, 9.17) is 4.74 Å². The average Bonchev–Trinajstić information content (AvgIpc) is 3.20. The Kier molecular flexibility index (Phi) is 9.75. The molecular weight excluding hydrogens is 494 g/mol. The van der Waals surface area contributed by atoms with Crippen molar-refractivity contribution >= 4 is 27.7 Å². The molecule has 9 nitrogen and oxygen atoms in total. The van der Waals surface area contributed by atoms with Crippen molar-refractivity contribution in [2.45, 2.75) is 116 Å². The Morgan fingerprint density at radius 2 is 1.59 bits per heavy atom. The van der Waals surface area contributed by atoms with Crippen LogP contribution in [0.1, 0.15) is 93.9 Å². The fourth-order valence-electron chi connectivity index (χ4n) is 5.52. The molecule has 0 aromatic rings. The van der Waals surface area contributed by atoms with Gasteiger partial charge >= 0.3 is 12.0 Å². The molecule has 2 aliphatic rings.